The lowest BCUT2D eigenvalue weighted by Crippen LogP contribution is -2.17. The summed E-state index contributed by atoms with van der Waals surface area (Å²) in [5.41, 5.74) is 2.19. The normalized spacial score (nSPS) is 20.0. The van der Waals surface area contributed by atoms with Crippen LogP contribution in [0.5, 0.6) is 5.75 Å². The fourth-order valence-corrected chi connectivity index (χ4v) is 3.84. The Morgan fingerprint density at radius 1 is 1.50 bits per heavy atom. The third-order valence-corrected chi connectivity index (χ3v) is 4.81. The maximum Gasteiger partial charge on any atom is 0.123 e. The highest BCUT2D eigenvalue weighted by Crippen LogP contribution is 2.22. The van der Waals surface area contributed by atoms with E-state index in [2.05, 4.69) is 11.4 Å². The van der Waals surface area contributed by atoms with Gasteiger partial charge >= 0.3 is 0 Å². The summed E-state index contributed by atoms with van der Waals surface area (Å²) in [6.07, 6.45) is 2.29. The van der Waals surface area contributed by atoms with Gasteiger partial charge in [-0.3, -0.25) is 4.21 Å². The quantitative estimate of drug-likeness (QED) is 0.834. The van der Waals surface area contributed by atoms with E-state index in [0.29, 0.717) is 11.5 Å². The molecule has 1 saturated heterocycles. The lowest BCUT2D eigenvalue weighted by Gasteiger charge is -2.12. The van der Waals surface area contributed by atoms with E-state index in [4.69, 9.17) is 9.47 Å². The molecule has 0 saturated carbocycles. The monoisotopic (exact) mass is 297 g/mol. The lowest BCUT2D eigenvalue weighted by molar-refractivity contribution is 0.128. The molecule has 1 aromatic carbocycles. The highest BCUT2D eigenvalue weighted by atomic mass is 32.2. The maximum absolute atomic E-state index is 12.3. The van der Waals surface area contributed by atoms with Gasteiger partial charge in [0, 0.05) is 29.5 Å². The molecule has 0 aliphatic carbocycles. The first-order valence-electron chi connectivity index (χ1n) is 7.00. The fraction of sp³-hybridized carbons (Fsp3) is 0.600. The first-order valence-corrected chi connectivity index (χ1v) is 8.48. The predicted octanol–water partition coefficient (Wildman–Crippen LogP) is 1.84. The molecule has 1 aliphatic rings. The average Bonchev–Trinajstić information content (AvgIpc) is 2.92. The first-order chi connectivity index (χ1) is 9.72. The van der Waals surface area contributed by atoms with Gasteiger partial charge in [-0.2, -0.15) is 0 Å². The van der Waals surface area contributed by atoms with Crippen molar-refractivity contribution >= 4 is 10.8 Å². The molecule has 112 valence electrons. The van der Waals surface area contributed by atoms with Gasteiger partial charge in [-0.15, -0.1) is 0 Å². The summed E-state index contributed by atoms with van der Waals surface area (Å²) in [5, 5.41) is 3.12. The van der Waals surface area contributed by atoms with E-state index < -0.39 is 10.8 Å². The Morgan fingerprint density at radius 2 is 2.35 bits per heavy atom. The minimum absolute atomic E-state index is 0.169. The number of nitrogens with one attached hydrogen (secondary N) is 1. The molecule has 20 heavy (non-hydrogen) atoms. The Labute approximate surface area is 123 Å². The van der Waals surface area contributed by atoms with Crippen molar-refractivity contribution in [3.8, 4) is 5.75 Å². The van der Waals surface area contributed by atoms with Crippen LogP contribution >= 0.6 is 0 Å². The van der Waals surface area contributed by atoms with Gasteiger partial charge in [0.1, 0.15) is 5.75 Å². The number of benzene rings is 1. The molecule has 0 radical (unpaired) electrons. The van der Waals surface area contributed by atoms with Crippen LogP contribution in [0.2, 0.25) is 0 Å². The zero-order chi connectivity index (χ0) is 14.4. The topological polar surface area (TPSA) is 47.6 Å². The third kappa shape index (κ3) is 4.30. The van der Waals surface area contributed by atoms with Crippen LogP contribution in [0.15, 0.2) is 18.2 Å². The molecular formula is C15H23NO3S. The summed E-state index contributed by atoms with van der Waals surface area (Å²) >= 11 is 0. The Morgan fingerprint density at radius 3 is 3.00 bits per heavy atom. The van der Waals surface area contributed by atoms with Crippen LogP contribution in [-0.2, 0) is 27.8 Å². The van der Waals surface area contributed by atoms with Crippen LogP contribution < -0.4 is 10.1 Å². The first kappa shape index (κ1) is 15.5. The molecule has 0 amide bonds. The van der Waals surface area contributed by atoms with Gasteiger partial charge in [0.25, 0.3) is 0 Å². The van der Waals surface area contributed by atoms with E-state index in [-0.39, 0.29) is 6.10 Å². The molecule has 1 aromatic rings. The second kappa shape index (κ2) is 7.76. The number of methoxy groups -OCH3 is 1. The van der Waals surface area contributed by atoms with Gasteiger partial charge in [0.05, 0.1) is 24.7 Å². The van der Waals surface area contributed by atoms with Crippen molar-refractivity contribution in [1.29, 1.82) is 0 Å². The summed E-state index contributed by atoms with van der Waals surface area (Å²) in [7, 11) is 2.66. The molecule has 0 bridgehead atoms. The van der Waals surface area contributed by atoms with Crippen molar-refractivity contribution in [1.82, 2.24) is 5.32 Å². The van der Waals surface area contributed by atoms with Crippen molar-refractivity contribution < 1.29 is 13.7 Å². The number of rotatable bonds is 7. The Hall–Kier alpha value is -0.910. The number of hydrogen-bond donors (Lipinski definition) is 1. The molecule has 0 aromatic heterocycles. The zero-order valence-corrected chi connectivity index (χ0v) is 13.0. The average molecular weight is 297 g/mol. The number of hydrogen-bond acceptors (Lipinski definition) is 4. The van der Waals surface area contributed by atoms with Crippen molar-refractivity contribution in [2.75, 3.05) is 26.5 Å². The summed E-state index contributed by atoms with van der Waals surface area (Å²) in [6.45, 7) is 1.61. The smallest absolute Gasteiger partial charge is 0.123 e. The molecular weight excluding hydrogens is 274 g/mol. The minimum atomic E-state index is -0.910. The van der Waals surface area contributed by atoms with Gasteiger partial charge in [-0.25, -0.2) is 0 Å². The summed E-state index contributed by atoms with van der Waals surface area (Å²) in [5.74, 6) is 1.96. The Balaban J connectivity index is 2.01. The van der Waals surface area contributed by atoms with Gasteiger partial charge in [-0.05, 0) is 37.6 Å². The van der Waals surface area contributed by atoms with E-state index in [1.807, 2.05) is 19.2 Å². The Bertz CT molecular complexity index is 458. The molecule has 1 N–H and O–H groups in total. The summed E-state index contributed by atoms with van der Waals surface area (Å²) in [6, 6.07) is 6.05. The highest BCUT2D eigenvalue weighted by molar-refractivity contribution is 7.84. The van der Waals surface area contributed by atoms with Crippen molar-refractivity contribution in [2.45, 2.75) is 31.2 Å². The van der Waals surface area contributed by atoms with E-state index in [0.717, 1.165) is 37.3 Å². The third-order valence-electron chi connectivity index (χ3n) is 3.44. The lowest BCUT2D eigenvalue weighted by atomic mass is 10.1. The van der Waals surface area contributed by atoms with E-state index in [1.54, 1.807) is 7.11 Å². The second-order valence-corrected chi connectivity index (χ2v) is 6.56. The predicted molar refractivity (Wildman–Crippen MR) is 81.4 cm³/mol. The molecule has 2 unspecified atom stereocenters. The minimum Gasteiger partial charge on any atom is -0.496 e. The molecule has 1 aliphatic heterocycles. The van der Waals surface area contributed by atoms with Crippen LogP contribution in [0.1, 0.15) is 24.0 Å². The zero-order valence-electron chi connectivity index (χ0n) is 12.2. The SMILES string of the molecule is CNCc1ccc(OC)c(CS(=O)CC2CCCO2)c1. The van der Waals surface area contributed by atoms with Crippen molar-refractivity contribution in [3.05, 3.63) is 29.3 Å². The van der Waals surface area contributed by atoms with Crippen LogP contribution in [0, 0.1) is 0 Å². The molecule has 2 rings (SSSR count). The van der Waals surface area contributed by atoms with Gasteiger partial charge in [0.2, 0.25) is 0 Å². The molecule has 4 nitrogen and oxygen atoms in total. The highest BCUT2D eigenvalue weighted by Gasteiger charge is 2.19. The maximum atomic E-state index is 12.3. The van der Waals surface area contributed by atoms with E-state index >= 15 is 0 Å². The van der Waals surface area contributed by atoms with E-state index in [1.165, 1.54) is 5.56 Å². The molecule has 1 fully saturated rings. The van der Waals surface area contributed by atoms with Crippen LogP contribution in [0.25, 0.3) is 0 Å². The summed E-state index contributed by atoms with van der Waals surface area (Å²) in [4.78, 5) is 0. The summed E-state index contributed by atoms with van der Waals surface area (Å²) < 4.78 is 23.2. The molecule has 0 spiro atoms. The largest absolute Gasteiger partial charge is 0.496 e. The van der Waals surface area contributed by atoms with E-state index in [9.17, 15) is 4.21 Å². The number of ether oxygens (including phenoxy) is 2. The second-order valence-electron chi connectivity index (χ2n) is 5.06. The van der Waals surface area contributed by atoms with Gasteiger partial charge in [-0.1, -0.05) is 6.07 Å². The van der Waals surface area contributed by atoms with Crippen molar-refractivity contribution in [3.63, 3.8) is 0 Å². The molecule has 2 atom stereocenters. The van der Waals surface area contributed by atoms with Crippen LogP contribution in [-0.4, -0.2) is 36.8 Å². The van der Waals surface area contributed by atoms with Crippen LogP contribution in [0.4, 0.5) is 0 Å². The standard InChI is InChI=1S/C15H23NO3S/c1-16-9-12-5-6-15(18-2)13(8-12)10-20(17)11-14-4-3-7-19-14/h5-6,8,14,16H,3-4,7,9-11H2,1-2H3. The van der Waals surface area contributed by atoms with Crippen molar-refractivity contribution in [2.24, 2.45) is 0 Å². The van der Waals surface area contributed by atoms with Gasteiger partial charge in [0.15, 0.2) is 0 Å². The fourth-order valence-electron chi connectivity index (χ4n) is 2.47. The van der Waals surface area contributed by atoms with Gasteiger partial charge < -0.3 is 14.8 Å². The molecule has 1 heterocycles. The van der Waals surface area contributed by atoms with Crippen LogP contribution in [0.3, 0.4) is 0 Å². The molecule has 5 heteroatoms. The Kier molecular flexibility index (Phi) is 6.01.